The highest BCUT2D eigenvalue weighted by Gasteiger charge is 2.16. The van der Waals surface area contributed by atoms with Gasteiger partial charge in [-0.2, -0.15) is 0 Å². The van der Waals surface area contributed by atoms with Crippen molar-refractivity contribution in [3.63, 3.8) is 0 Å². The number of aromatic nitrogens is 4. The Labute approximate surface area is 134 Å². The molecule has 0 atom stereocenters. The number of benzene rings is 1. The van der Waals surface area contributed by atoms with Gasteiger partial charge >= 0.3 is 0 Å². The maximum absolute atomic E-state index is 12.4. The number of carbonyl (C=O) groups is 1. The zero-order valence-electron chi connectivity index (χ0n) is 12.8. The van der Waals surface area contributed by atoms with Gasteiger partial charge in [-0.25, -0.2) is 4.68 Å². The number of amides is 1. The van der Waals surface area contributed by atoms with E-state index < -0.39 is 0 Å². The van der Waals surface area contributed by atoms with Crippen molar-refractivity contribution in [3.05, 3.63) is 77.9 Å². The van der Waals surface area contributed by atoms with Crippen molar-refractivity contribution in [1.29, 1.82) is 0 Å². The number of pyridine rings is 1. The Balaban J connectivity index is 1.66. The molecule has 0 bridgehead atoms. The van der Waals surface area contributed by atoms with Gasteiger partial charge in [-0.15, -0.1) is 5.10 Å². The van der Waals surface area contributed by atoms with Crippen LogP contribution in [0.4, 0.5) is 0 Å². The SMILES string of the molecule is CN(Cc1cccnc1)C(=O)c1cn(Cc2ccccc2)nn1. The second-order valence-corrected chi connectivity index (χ2v) is 5.31. The lowest BCUT2D eigenvalue weighted by atomic mass is 10.2. The lowest BCUT2D eigenvalue weighted by molar-refractivity contribution is 0.0779. The Morgan fingerprint density at radius 1 is 1.13 bits per heavy atom. The molecule has 23 heavy (non-hydrogen) atoms. The van der Waals surface area contributed by atoms with E-state index in [1.807, 2.05) is 42.5 Å². The van der Waals surface area contributed by atoms with Gasteiger partial charge in [0.05, 0.1) is 12.7 Å². The van der Waals surface area contributed by atoms with E-state index in [0.717, 1.165) is 11.1 Å². The lowest BCUT2D eigenvalue weighted by Crippen LogP contribution is -2.26. The van der Waals surface area contributed by atoms with Crippen molar-refractivity contribution in [2.45, 2.75) is 13.1 Å². The molecule has 0 fully saturated rings. The fourth-order valence-electron chi connectivity index (χ4n) is 2.28. The average molecular weight is 307 g/mol. The van der Waals surface area contributed by atoms with Crippen LogP contribution in [-0.4, -0.2) is 37.8 Å². The smallest absolute Gasteiger partial charge is 0.276 e. The molecule has 1 aromatic carbocycles. The van der Waals surface area contributed by atoms with Crippen LogP contribution in [-0.2, 0) is 13.1 Å². The van der Waals surface area contributed by atoms with E-state index in [0.29, 0.717) is 18.8 Å². The van der Waals surface area contributed by atoms with Gasteiger partial charge in [0.25, 0.3) is 5.91 Å². The molecule has 2 heterocycles. The predicted molar refractivity (Wildman–Crippen MR) is 85.6 cm³/mol. The van der Waals surface area contributed by atoms with E-state index in [2.05, 4.69) is 15.3 Å². The van der Waals surface area contributed by atoms with Gasteiger partial charge in [0, 0.05) is 26.0 Å². The van der Waals surface area contributed by atoms with E-state index >= 15 is 0 Å². The molecule has 116 valence electrons. The van der Waals surface area contributed by atoms with Crippen molar-refractivity contribution < 1.29 is 4.79 Å². The Hall–Kier alpha value is -3.02. The monoisotopic (exact) mass is 307 g/mol. The second kappa shape index (κ2) is 6.83. The van der Waals surface area contributed by atoms with Gasteiger partial charge in [-0.05, 0) is 17.2 Å². The molecule has 3 aromatic rings. The van der Waals surface area contributed by atoms with Crippen molar-refractivity contribution in [3.8, 4) is 0 Å². The summed E-state index contributed by atoms with van der Waals surface area (Å²) in [5.41, 5.74) is 2.42. The van der Waals surface area contributed by atoms with Crippen molar-refractivity contribution in [1.82, 2.24) is 24.9 Å². The lowest BCUT2D eigenvalue weighted by Gasteiger charge is -2.15. The summed E-state index contributed by atoms with van der Waals surface area (Å²) in [4.78, 5) is 18.1. The summed E-state index contributed by atoms with van der Waals surface area (Å²) in [5, 5.41) is 8.01. The van der Waals surface area contributed by atoms with Gasteiger partial charge in [0.15, 0.2) is 5.69 Å². The van der Waals surface area contributed by atoms with E-state index in [4.69, 9.17) is 0 Å². The normalized spacial score (nSPS) is 10.5. The molecule has 3 rings (SSSR count). The Morgan fingerprint density at radius 2 is 1.91 bits per heavy atom. The minimum atomic E-state index is -0.159. The molecular formula is C17H17N5O. The molecule has 0 aliphatic rings. The summed E-state index contributed by atoms with van der Waals surface area (Å²) in [7, 11) is 1.74. The predicted octanol–water partition coefficient (Wildman–Crippen LogP) is 1.99. The third kappa shape index (κ3) is 3.79. The van der Waals surface area contributed by atoms with Crippen LogP contribution < -0.4 is 0 Å². The number of nitrogens with zero attached hydrogens (tertiary/aromatic N) is 5. The molecule has 2 aromatic heterocycles. The zero-order valence-corrected chi connectivity index (χ0v) is 12.8. The first kappa shape index (κ1) is 14.9. The molecule has 0 saturated heterocycles. The maximum atomic E-state index is 12.4. The molecule has 0 radical (unpaired) electrons. The number of carbonyl (C=O) groups excluding carboxylic acids is 1. The average Bonchev–Trinajstić information content (AvgIpc) is 3.04. The molecule has 6 nitrogen and oxygen atoms in total. The molecule has 0 aliphatic carbocycles. The van der Waals surface area contributed by atoms with E-state index in [1.54, 1.807) is 35.2 Å². The van der Waals surface area contributed by atoms with E-state index in [9.17, 15) is 4.79 Å². The summed E-state index contributed by atoms with van der Waals surface area (Å²) in [6, 6.07) is 13.7. The van der Waals surface area contributed by atoms with Gasteiger partial charge in [-0.1, -0.05) is 41.6 Å². The van der Waals surface area contributed by atoms with Crippen LogP contribution in [0.15, 0.2) is 61.1 Å². The van der Waals surface area contributed by atoms with E-state index in [-0.39, 0.29) is 5.91 Å². The molecule has 0 aliphatic heterocycles. The van der Waals surface area contributed by atoms with Gasteiger partial charge < -0.3 is 4.90 Å². The molecule has 6 heteroatoms. The first-order valence-corrected chi connectivity index (χ1v) is 7.31. The molecule has 0 unspecified atom stereocenters. The third-order valence-corrected chi connectivity index (χ3v) is 3.43. The third-order valence-electron chi connectivity index (χ3n) is 3.43. The topological polar surface area (TPSA) is 63.9 Å². The zero-order chi connectivity index (χ0) is 16.1. The molecular weight excluding hydrogens is 290 g/mol. The molecule has 0 spiro atoms. The van der Waals surface area contributed by atoms with Gasteiger partial charge in [0.2, 0.25) is 0 Å². The van der Waals surface area contributed by atoms with Crippen LogP contribution >= 0.6 is 0 Å². The summed E-state index contributed by atoms with van der Waals surface area (Å²) in [6.07, 6.45) is 5.13. The first-order chi connectivity index (χ1) is 11.2. The molecule has 0 saturated carbocycles. The highest BCUT2D eigenvalue weighted by Crippen LogP contribution is 2.07. The summed E-state index contributed by atoms with van der Waals surface area (Å²) < 4.78 is 1.67. The van der Waals surface area contributed by atoms with Crippen LogP contribution in [0, 0.1) is 0 Å². The standard InChI is InChI=1S/C17H17N5O/c1-21(11-15-8-5-9-18-10-15)17(23)16-13-22(20-19-16)12-14-6-3-2-4-7-14/h2-10,13H,11-12H2,1H3. The second-order valence-electron chi connectivity index (χ2n) is 5.31. The Bertz CT molecular complexity index is 770. The Morgan fingerprint density at radius 3 is 2.65 bits per heavy atom. The van der Waals surface area contributed by atoms with Gasteiger partial charge in [-0.3, -0.25) is 9.78 Å². The summed E-state index contributed by atoms with van der Waals surface area (Å²) in [5.74, 6) is -0.159. The number of hydrogen-bond acceptors (Lipinski definition) is 4. The van der Waals surface area contributed by atoms with Crippen LogP contribution in [0.2, 0.25) is 0 Å². The summed E-state index contributed by atoms with van der Waals surface area (Å²) in [6.45, 7) is 1.08. The van der Waals surface area contributed by atoms with Crippen LogP contribution in [0.1, 0.15) is 21.6 Å². The minimum absolute atomic E-state index is 0.159. The number of hydrogen-bond donors (Lipinski definition) is 0. The molecule has 0 N–H and O–H groups in total. The fraction of sp³-hybridized carbons (Fsp3) is 0.176. The highest BCUT2D eigenvalue weighted by molar-refractivity contribution is 5.91. The fourth-order valence-corrected chi connectivity index (χ4v) is 2.28. The van der Waals surface area contributed by atoms with Gasteiger partial charge in [0.1, 0.15) is 0 Å². The number of rotatable bonds is 5. The maximum Gasteiger partial charge on any atom is 0.276 e. The van der Waals surface area contributed by atoms with Crippen molar-refractivity contribution in [2.24, 2.45) is 0 Å². The van der Waals surface area contributed by atoms with Crippen LogP contribution in [0.5, 0.6) is 0 Å². The molecule has 1 amide bonds. The Kier molecular flexibility index (Phi) is 4.42. The minimum Gasteiger partial charge on any atom is -0.336 e. The first-order valence-electron chi connectivity index (χ1n) is 7.31. The quantitative estimate of drug-likeness (QED) is 0.723. The highest BCUT2D eigenvalue weighted by atomic mass is 16.2. The van der Waals surface area contributed by atoms with Crippen LogP contribution in [0.25, 0.3) is 0 Å². The largest absolute Gasteiger partial charge is 0.336 e. The van der Waals surface area contributed by atoms with Crippen molar-refractivity contribution >= 4 is 5.91 Å². The van der Waals surface area contributed by atoms with E-state index in [1.165, 1.54) is 0 Å². The summed E-state index contributed by atoms with van der Waals surface area (Å²) >= 11 is 0. The van der Waals surface area contributed by atoms with Crippen molar-refractivity contribution in [2.75, 3.05) is 7.05 Å². The van der Waals surface area contributed by atoms with Crippen LogP contribution in [0.3, 0.4) is 0 Å².